The van der Waals surface area contributed by atoms with Gasteiger partial charge in [-0.25, -0.2) is 4.98 Å². The first-order valence-corrected chi connectivity index (χ1v) is 9.06. The monoisotopic (exact) mass is 359 g/mol. The summed E-state index contributed by atoms with van der Waals surface area (Å²) >= 11 is 0. The highest BCUT2D eigenvalue weighted by molar-refractivity contribution is 5.39. The number of hydrogen-bond donors (Lipinski definition) is 1. The van der Waals surface area contributed by atoms with Crippen LogP contribution in [-0.4, -0.2) is 37.9 Å². The molecule has 0 bridgehead atoms. The number of fused-ring (bicyclic) bond motifs is 1. The molecule has 2 heterocycles. The minimum atomic E-state index is 0.188. The van der Waals surface area contributed by atoms with Gasteiger partial charge in [0.25, 0.3) is 0 Å². The summed E-state index contributed by atoms with van der Waals surface area (Å²) in [5.74, 6) is 0.816. The van der Waals surface area contributed by atoms with E-state index in [0.717, 1.165) is 42.6 Å². The zero-order valence-corrected chi connectivity index (χ0v) is 15.2. The van der Waals surface area contributed by atoms with Crippen LogP contribution in [-0.2, 0) is 19.4 Å². The van der Waals surface area contributed by atoms with Gasteiger partial charge in [0.15, 0.2) is 5.82 Å². The minimum absolute atomic E-state index is 0.188. The van der Waals surface area contributed by atoms with E-state index in [9.17, 15) is 5.11 Å². The van der Waals surface area contributed by atoms with Crippen molar-refractivity contribution in [1.82, 2.24) is 19.7 Å². The number of pyridine rings is 1. The number of hydrogen-bond acceptors (Lipinski definition) is 5. The number of nitriles is 1. The van der Waals surface area contributed by atoms with Crippen LogP contribution in [0, 0.1) is 11.3 Å². The molecule has 0 saturated carbocycles. The Balaban J connectivity index is 1.52. The van der Waals surface area contributed by atoms with Crippen LogP contribution in [0.3, 0.4) is 0 Å². The van der Waals surface area contributed by atoms with Gasteiger partial charge < -0.3 is 5.11 Å². The largest absolute Gasteiger partial charge is 0.493 e. The maximum Gasteiger partial charge on any atom is 0.219 e. The maximum absolute atomic E-state index is 10.7. The van der Waals surface area contributed by atoms with E-state index in [1.165, 1.54) is 4.68 Å². The molecule has 3 aromatic rings. The molecular weight excluding hydrogens is 338 g/mol. The van der Waals surface area contributed by atoms with Crippen molar-refractivity contribution in [2.24, 2.45) is 0 Å². The van der Waals surface area contributed by atoms with Crippen LogP contribution in [0.25, 0.3) is 5.82 Å². The minimum Gasteiger partial charge on any atom is -0.493 e. The maximum atomic E-state index is 10.7. The van der Waals surface area contributed by atoms with E-state index in [0.29, 0.717) is 17.4 Å². The second-order valence-electron chi connectivity index (χ2n) is 6.97. The molecule has 1 unspecified atom stereocenters. The number of rotatable bonds is 4. The first kappa shape index (κ1) is 17.3. The van der Waals surface area contributed by atoms with Crippen molar-refractivity contribution in [2.45, 2.75) is 31.8 Å². The predicted molar refractivity (Wildman–Crippen MR) is 101 cm³/mol. The topological polar surface area (TPSA) is 78.0 Å². The Labute approximate surface area is 158 Å². The summed E-state index contributed by atoms with van der Waals surface area (Å²) in [5, 5.41) is 24.3. The van der Waals surface area contributed by atoms with Crippen LogP contribution in [0.15, 0.2) is 48.7 Å². The van der Waals surface area contributed by atoms with E-state index >= 15 is 0 Å². The molecule has 1 aliphatic rings. The van der Waals surface area contributed by atoms with Gasteiger partial charge in [-0.3, -0.25) is 4.90 Å². The fraction of sp³-hybridized carbons (Fsp3) is 0.286. The molecule has 2 aromatic heterocycles. The number of benzene rings is 1. The Kier molecular flexibility index (Phi) is 4.61. The summed E-state index contributed by atoms with van der Waals surface area (Å²) < 4.78 is 1.53. The number of aryl methyl sites for hydroxylation is 1. The lowest BCUT2D eigenvalue weighted by Gasteiger charge is -2.30. The number of likely N-dealkylation sites (N-methyl/N-ethyl adjacent to an activating group) is 1. The Hall–Kier alpha value is -3.17. The van der Waals surface area contributed by atoms with Crippen LogP contribution in [0.4, 0.5) is 0 Å². The molecule has 6 heteroatoms. The zero-order valence-electron chi connectivity index (χ0n) is 15.2. The SMILES string of the molecule is CN(Cc1cccc(C#N)c1)C1CCc2nn(-c3ccccn3)c(O)c2C1. The van der Waals surface area contributed by atoms with Crippen molar-refractivity contribution in [1.29, 1.82) is 5.26 Å². The molecule has 0 radical (unpaired) electrons. The third-order valence-corrected chi connectivity index (χ3v) is 5.17. The Morgan fingerprint density at radius 3 is 2.96 bits per heavy atom. The number of nitrogens with zero attached hydrogens (tertiary/aromatic N) is 5. The van der Waals surface area contributed by atoms with Crippen molar-refractivity contribution in [3.8, 4) is 17.8 Å². The second kappa shape index (κ2) is 7.22. The van der Waals surface area contributed by atoms with Gasteiger partial charge in [-0.1, -0.05) is 18.2 Å². The van der Waals surface area contributed by atoms with Crippen LogP contribution in [0.5, 0.6) is 5.88 Å². The molecule has 27 heavy (non-hydrogen) atoms. The first-order chi connectivity index (χ1) is 13.2. The van der Waals surface area contributed by atoms with E-state index in [4.69, 9.17) is 5.26 Å². The highest BCUT2D eigenvalue weighted by atomic mass is 16.3. The third-order valence-electron chi connectivity index (χ3n) is 5.17. The summed E-state index contributed by atoms with van der Waals surface area (Å²) in [4.78, 5) is 6.57. The molecule has 1 aromatic carbocycles. The Bertz CT molecular complexity index is 990. The molecule has 0 amide bonds. The molecule has 4 rings (SSSR count). The van der Waals surface area contributed by atoms with Crippen LogP contribution >= 0.6 is 0 Å². The van der Waals surface area contributed by atoms with E-state index in [1.807, 2.05) is 42.5 Å². The summed E-state index contributed by atoms with van der Waals surface area (Å²) in [7, 11) is 2.09. The zero-order chi connectivity index (χ0) is 18.8. The molecule has 0 aliphatic heterocycles. The quantitative estimate of drug-likeness (QED) is 0.775. The predicted octanol–water partition coefficient (Wildman–Crippen LogP) is 2.83. The Morgan fingerprint density at radius 2 is 2.19 bits per heavy atom. The normalized spacial score (nSPS) is 16.1. The van der Waals surface area contributed by atoms with Gasteiger partial charge in [-0.2, -0.15) is 15.0 Å². The Morgan fingerprint density at radius 1 is 1.30 bits per heavy atom. The summed E-state index contributed by atoms with van der Waals surface area (Å²) in [6.07, 6.45) is 4.26. The average Bonchev–Trinajstić information content (AvgIpc) is 3.05. The fourth-order valence-corrected chi connectivity index (χ4v) is 3.71. The molecule has 0 fully saturated rings. The molecule has 136 valence electrons. The van der Waals surface area contributed by atoms with Gasteiger partial charge in [0.2, 0.25) is 5.88 Å². The van der Waals surface area contributed by atoms with Gasteiger partial charge in [0.05, 0.1) is 17.3 Å². The summed E-state index contributed by atoms with van der Waals surface area (Å²) in [6, 6.07) is 15.8. The van der Waals surface area contributed by atoms with Gasteiger partial charge in [-0.05, 0) is 56.1 Å². The molecule has 0 saturated heterocycles. The third kappa shape index (κ3) is 3.42. The molecule has 1 aliphatic carbocycles. The van der Waals surface area contributed by atoms with Crippen LogP contribution in [0.2, 0.25) is 0 Å². The van der Waals surface area contributed by atoms with Crippen molar-refractivity contribution in [2.75, 3.05) is 7.05 Å². The van der Waals surface area contributed by atoms with Gasteiger partial charge in [0, 0.05) is 24.3 Å². The van der Waals surface area contributed by atoms with Crippen molar-refractivity contribution < 1.29 is 5.11 Å². The van der Waals surface area contributed by atoms with Crippen LogP contribution < -0.4 is 0 Å². The lowest BCUT2D eigenvalue weighted by atomic mass is 9.92. The highest BCUT2D eigenvalue weighted by Crippen LogP contribution is 2.32. The molecule has 1 atom stereocenters. The molecule has 0 spiro atoms. The number of aromatic nitrogens is 3. The lowest BCUT2D eigenvalue weighted by Crippen LogP contribution is -2.35. The lowest BCUT2D eigenvalue weighted by molar-refractivity contribution is 0.212. The van der Waals surface area contributed by atoms with E-state index in [1.54, 1.807) is 6.20 Å². The fourth-order valence-electron chi connectivity index (χ4n) is 3.71. The van der Waals surface area contributed by atoms with Crippen LogP contribution in [0.1, 0.15) is 28.8 Å². The summed E-state index contributed by atoms with van der Waals surface area (Å²) in [5.41, 5.74) is 3.67. The van der Waals surface area contributed by atoms with Crippen molar-refractivity contribution in [3.05, 3.63) is 71.0 Å². The van der Waals surface area contributed by atoms with Gasteiger partial charge in [0.1, 0.15) is 0 Å². The van der Waals surface area contributed by atoms with E-state index in [-0.39, 0.29) is 5.88 Å². The van der Waals surface area contributed by atoms with E-state index in [2.05, 4.69) is 28.1 Å². The molecule has 6 nitrogen and oxygen atoms in total. The van der Waals surface area contributed by atoms with Crippen molar-refractivity contribution >= 4 is 0 Å². The first-order valence-electron chi connectivity index (χ1n) is 9.06. The smallest absolute Gasteiger partial charge is 0.219 e. The standard InChI is InChI=1S/C21H21N5O/c1-25(14-16-6-4-5-15(11-16)13-22)17-8-9-19-18(12-17)21(27)26(24-19)20-7-2-3-10-23-20/h2-7,10-11,17,27H,8-9,12,14H2,1H3. The molecule has 1 N–H and O–H groups in total. The average molecular weight is 359 g/mol. The number of aromatic hydroxyl groups is 1. The summed E-state index contributed by atoms with van der Waals surface area (Å²) in [6.45, 7) is 0.769. The van der Waals surface area contributed by atoms with Gasteiger partial charge >= 0.3 is 0 Å². The van der Waals surface area contributed by atoms with E-state index < -0.39 is 0 Å². The second-order valence-corrected chi connectivity index (χ2v) is 6.97. The highest BCUT2D eigenvalue weighted by Gasteiger charge is 2.28. The van der Waals surface area contributed by atoms with Crippen molar-refractivity contribution in [3.63, 3.8) is 0 Å². The van der Waals surface area contributed by atoms with Gasteiger partial charge in [-0.15, -0.1) is 0 Å². The molecular formula is C21H21N5O.